The average molecular weight is 325 g/mol. The molecular weight excluding hydrogens is 307 g/mol. The van der Waals surface area contributed by atoms with Crippen molar-refractivity contribution in [3.63, 3.8) is 0 Å². The number of benzene rings is 1. The highest BCUT2D eigenvalue weighted by molar-refractivity contribution is 7.88. The molecule has 108 valence electrons. The summed E-state index contributed by atoms with van der Waals surface area (Å²) in [6, 6.07) is 5.63. The minimum atomic E-state index is -3.13. The minimum Gasteiger partial charge on any atom is -0.309 e. The molecule has 1 aromatic carbocycles. The molecule has 0 aliphatic heterocycles. The van der Waals surface area contributed by atoms with Crippen molar-refractivity contribution in [3.8, 4) is 0 Å². The first-order chi connectivity index (χ1) is 8.83. The maximum absolute atomic E-state index is 10.9. The average Bonchev–Trinajstić information content (AvgIpc) is 2.32. The number of halogens is 2. The summed E-state index contributed by atoms with van der Waals surface area (Å²) in [5, 5.41) is 4.33. The van der Waals surface area contributed by atoms with Crippen LogP contribution in [-0.4, -0.2) is 27.8 Å². The van der Waals surface area contributed by atoms with Crippen LogP contribution in [0.1, 0.15) is 24.9 Å². The molecule has 0 spiro atoms. The van der Waals surface area contributed by atoms with Gasteiger partial charge in [-0.2, -0.15) is 0 Å². The molecule has 4 nitrogen and oxygen atoms in total. The molecule has 1 rings (SSSR count). The van der Waals surface area contributed by atoms with Gasteiger partial charge in [0.2, 0.25) is 10.0 Å². The second kappa shape index (κ2) is 7.45. The molecule has 0 bridgehead atoms. The summed E-state index contributed by atoms with van der Waals surface area (Å²) in [6.07, 6.45) is 2.01. The molecule has 0 saturated heterocycles. The fourth-order valence-electron chi connectivity index (χ4n) is 1.71. The van der Waals surface area contributed by atoms with Gasteiger partial charge in [0.25, 0.3) is 0 Å². The van der Waals surface area contributed by atoms with Gasteiger partial charge in [-0.25, -0.2) is 13.1 Å². The second-order valence-electron chi connectivity index (χ2n) is 4.26. The number of hydrogen-bond acceptors (Lipinski definition) is 3. The molecule has 0 aliphatic rings. The molecule has 1 atom stereocenters. The molecule has 0 heterocycles. The quantitative estimate of drug-likeness (QED) is 0.758. The third kappa shape index (κ3) is 6.10. The second-order valence-corrected chi connectivity index (χ2v) is 6.90. The molecule has 1 unspecified atom stereocenters. The Bertz CT molecular complexity index is 520. The zero-order valence-electron chi connectivity index (χ0n) is 10.9. The summed E-state index contributed by atoms with van der Waals surface area (Å²) < 4.78 is 24.3. The van der Waals surface area contributed by atoms with E-state index in [1.165, 1.54) is 0 Å². The van der Waals surface area contributed by atoms with Gasteiger partial charge in [-0.15, -0.1) is 0 Å². The largest absolute Gasteiger partial charge is 0.309 e. The highest BCUT2D eigenvalue weighted by Crippen LogP contribution is 2.26. The zero-order valence-corrected chi connectivity index (χ0v) is 13.2. The lowest BCUT2D eigenvalue weighted by atomic mass is 10.0. The maximum Gasteiger partial charge on any atom is 0.208 e. The molecule has 0 aliphatic carbocycles. The lowest BCUT2D eigenvalue weighted by Crippen LogP contribution is -2.32. The normalized spacial score (nSPS) is 13.5. The van der Waals surface area contributed by atoms with E-state index >= 15 is 0 Å². The summed E-state index contributed by atoms with van der Waals surface area (Å²) in [4.78, 5) is 0. The van der Waals surface area contributed by atoms with E-state index in [0.29, 0.717) is 23.1 Å². The van der Waals surface area contributed by atoms with E-state index in [0.717, 1.165) is 18.2 Å². The Morgan fingerprint density at radius 3 is 2.42 bits per heavy atom. The van der Waals surface area contributed by atoms with Gasteiger partial charge in [-0.05, 0) is 24.1 Å². The van der Waals surface area contributed by atoms with Gasteiger partial charge in [-0.3, -0.25) is 0 Å². The van der Waals surface area contributed by atoms with Crippen LogP contribution in [0, 0.1) is 0 Å². The van der Waals surface area contributed by atoms with E-state index in [9.17, 15) is 8.42 Å². The van der Waals surface area contributed by atoms with Crippen LogP contribution in [0.4, 0.5) is 0 Å². The Morgan fingerprint density at radius 2 is 1.89 bits per heavy atom. The fraction of sp³-hybridized carbons (Fsp3) is 0.500. The molecule has 0 fully saturated rings. The Kier molecular flexibility index (Phi) is 6.56. The smallest absolute Gasteiger partial charge is 0.208 e. The van der Waals surface area contributed by atoms with Crippen LogP contribution < -0.4 is 10.0 Å². The molecule has 2 N–H and O–H groups in total. The Morgan fingerprint density at radius 1 is 1.21 bits per heavy atom. The van der Waals surface area contributed by atoms with Crippen molar-refractivity contribution in [2.75, 3.05) is 19.3 Å². The monoisotopic (exact) mass is 324 g/mol. The minimum absolute atomic E-state index is 0.121. The molecule has 0 amide bonds. The number of rotatable bonds is 7. The number of nitrogens with one attached hydrogen (secondary N) is 2. The summed E-state index contributed by atoms with van der Waals surface area (Å²) in [6.45, 7) is 2.95. The number of hydrogen-bond donors (Lipinski definition) is 2. The fourth-order valence-corrected chi connectivity index (χ4v) is 2.49. The summed E-state index contributed by atoms with van der Waals surface area (Å²) in [5.41, 5.74) is 1.04. The third-order valence-corrected chi connectivity index (χ3v) is 4.10. The zero-order chi connectivity index (χ0) is 14.5. The molecule has 0 radical (unpaired) electrons. The first-order valence-corrected chi connectivity index (χ1v) is 8.61. The van der Waals surface area contributed by atoms with Gasteiger partial charge < -0.3 is 5.32 Å². The SMILES string of the molecule is CCC(NCCNS(C)(=O)=O)c1ccc(Cl)c(Cl)c1. The van der Waals surface area contributed by atoms with Crippen molar-refractivity contribution in [2.24, 2.45) is 0 Å². The van der Waals surface area contributed by atoms with E-state index in [-0.39, 0.29) is 6.04 Å². The molecular formula is C12H18Cl2N2O2S. The van der Waals surface area contributed by atoms with Gasteiger partial charge in [-0.1, -0.05) is 36.2 Å². The number of sulfonamides is 1. The first kappa shape index (κ1) is 16.7. The van der Waals surface area contributed by atoms with Crippen LogP contribution >= 0.6 is 23.2 Å². The van der Waals surface area contributed by atoms with Crippen molar-refractivity contribution in [1.82, 2.24) is 10.0 Å². The maximum atomic E-state index is 10.9. The Labute approximate surface area is 124 Å². The molecule has 0 saturated carbocycles. The van der Waals surface area contributed by atoms with Gasteiger partial charge in [0, 0.05) is 19.1 Å². The van der Waals surface area contributed by atoms with E-state index in [1.807, 2.05) is 19.1 Å². The lowest BCUT2D eigenvalue weighted by molar-refractivity contribution is 0.516. The first-order valence-electron chi connectivity index (χ1n) is 5.96. The van der Waals surface area contributed by atoms with Crippen LogP contribution in [0.15, 0.2) is 18.2 Å². The van der Waals surface area contributed by atoms with Crippen LogP contribution in [0.2, 0.25) is 10.0 Å². The van der Waals surface area contributed by atoms with Crippen molar-refractivity contribution in [2.45, 2.75) is 19.4 Å². The summed E-state index contributed by atoms with van der Waals surface area (Å²) in [5.74, 6) is 0. The third-order valence-electron chi connectivity index (χ3n) is 2.63. The highest BCUT2D eigenvalue weighted by Gasteiger charge is 2.10. The predicted octanol–water partition coefficient (Wildman–Crippen LogP) is 2.58. The predicted molar refractivity (Wildman–Crippen MR) is 80.3 cm³/mol. The topological polar surface area (TPSA) is 58.2 Å². The summed E-state index contributed by atoms with van der Waals surface area (Å²) >= 11 is 11.9. The molecule has 7 heteroatoms. The highest BCUT2D eigenvalue weighted by atomic mass is 35.5. The molecule has 1 aromatic rings. The Balaban J connectivity index is 2.56. The lowest BCUT2D eigenvalue weighted by Gasteiger charge is -2.18. The van der Waals surface area contributed by atoms with Crippen LogP contribution in [-0.2, 0) is 10.0 Å². The summed E-state index contributed by atoms with van der Waals surface area (Å²) in [7, 11) is -3.13. The van der Waals surface area contributed by atoms with Crippen molar-refractivity contribution < 1.29 is 8.42 Å². The molecule has 19 heavy (non-hydrogen) atoms. The van der Waals surface area contributed by atoms with E-state index < -0.39 is 10.0 Å². The van der Waals surface area contributed by atoms with E-state index in [2.05, 4.69) is 10.0 Å². The van der Waals surface area contributed by atoms with Gasteiger partial charge >= 0.3 is 0 Å². The van der Waals surface area contributed by atoms with E-state index in [4.69, 9.17) is 23.2 Å². The van der Waals surface area contributed by atoms with Crippen LogP contribution in [0.25, 0.3) is 0 Å². The van der Waals surface area contributed by atoms with Crippen molar-refractivity contribution in [1.29, 1.82) is 0 Å². The van der Waals surface area contributed by atoms with Gasteiger partial charge in [0.1, 0.15) is 0 Å². The van der Waals surface area contributed by atoms with Crippen LogP contribution in [0.5, 0.6) is 0 Å². The van der Waals surface area contributed by atoms with Crippen molar-refractivity contribution in [3.05, 3.63) is 33.8 Å². The van der Waals surface area contributed by atoms with E-state index in [1.54, 1.807) is 6.07 Å². The Hall–Kier alpha value is -0.330. The van der Waals surface area contributed by atoms with Gasteiger partial charge in [0.15, 0.2) is 0 Å². The standard InChI is InChI=1S/C12H18Cl2N2O2S/c1-3-12(15-6-7-16-19(2,17)18)9-4-5-10(13)11(14)8-9/h4-5,8,12,15-16H,3,6-7H2,1-2H3. The molecule has 0 aromatic heterocycles. The van der Waals surface area contributed by atoms with Gasteiger partial charge in [0.05, 0.1) is 16.3 Å². The van der Waals surface area contributed by atoms with Crippen LogP contribution in [0.3, 0.4) is 0 Å². The van der Waals surface area contributed by atoms with Crippen molar-refractivity contribution >= 4 is 33.2 Å².